The lowest BCUT2D eigenvalue weighted by atomic mass is 9.86. The molecule has 0 radical (unpaired) electrons. The summed E-state index contributed by atoms with van der Waals surface area (Å²) in [4.78, 5) is 7.84. The average molecular weight is 257 g/mol. The standard InChI is InChI=1S/C16H23N3/c1-10(17)15-18-11(2)14(19-15)12-6-8-13(9-7-12)16(3,4)5/h6-10H,17H2,1-5H3,(H,18,19). The Bertz CT molecular complexity index is 557. The normalized spacial score (nSPS) is 13.6. The van der Waals surface area contributed by atoms with Gasteiger partial charge >= 0.3 is 0 Å². The number of H-pyrrole nitrogens is 1. The van der Waals surface area contributed by atoms with Crippen LogP contribution < -0.4 is 5.73 Å². The molecule has 0 aliphatic carbocycles. The van der Waals surface area contributed by atoms with Gasteiger partial charge in [0.15, 0.2) is 0 Å². The summed E-state index contributed by atoms with van der Waals surface area (Å²) in [5.41, 5.74) is 10.6. The molecule has 3 nitrogen and oxygen atoms in total. The van der Waals surface area contributed by atoms with E-state index in [4.69, 9.17) is 5.73 Å². The van der Waals surface area contributed by atoms with Crippen molar-refractivity contribution in [2.24, 2.45) is 5.73 Å². The number of nitrogens with one attached hydrogen (secondary N) is 1. The first-order chi connectivity index (χ1) is 8.79. The van der Waals surface area contributed by atoms with Gasteiger partial charge in [-0.05, 0) is 24.8 Å². The molecule has 19 heavy (non-hydrogen) atoms. The number of aromatic amines is 1. The first kappa shape index (κ1) is 13.8. The van der Waals surface area contributed by atoms with Gasteiger partial charge in [0.25, 0.3) is 0 Å². The van der Waals surface area contributed by atoms with E-state index < -0.39 is 0 Å². The molecule has 0 aliphatic rings. The summed E-state index contributed by atoms with van der Waals surface area (Å²) in [6.07, 6.45) is 0. The van der Waals surface area contributed by atoms with Crippen molar-refractivity contribution in [2.45, 2.75) is 46.1 Å². The fraction of sp³-hybridized carbons (Fsp3) is 0.438. The van der Waals surface area contributed by atoms with Crippen molar-refractivity contribution in [1.29, 1.82) is 0 Å². The topological polar surface area (TPSA) is 54.7 Å². The van der Waals surface area contributed by atoms with E-state index in [0.717, 1.165) is 22.8 Å². The predicted molar refractivity (Wildman–Crippen MR) is 80.1 cm³/mol. The molecule has 2 aromatic rings. The summed E-state index contributed by atoms with van der Waals surface area (Å²) < 4.78 is 0. The highest BCUT2D eigenvalue weighted by molar-refractivity contribution is 5.62. The van der Waals surface area contributed by atoms with Crippen LogP contribution in [0.5, 0.6) is 0 Å². The number of nitrogens with zero attached hydrogens (tertiary/aromatic N) is 1. The zero-order valence-electron chi connectivity index (χ0n) is 12.4. The largest absolute Gasteiger partial charge is 0.344 e. The Labute approximate surface area is 115 Å². The third-order valence-corrected chi connectivity index (χ3v) is 3.36. The lowest BCUT2D eigenvalue weighted by molar-refractivity contribution is 0.590. The van der Waals surface area contributed by atoms with Crippen molar-refractivity contribution >= 4 is 0 Å². The van der Waals surface area contributed by atoms with Gasteiger partial charge in [0.1, 0.15) is 5.82 Å². The summed E-state index contributed by atoms with van der Waals surface area (Å²) in [6.45, 7) is 10.6. The lowest BCUT2D eigenvalue weighted by Crippen LogP contribution is -2.10. The van der Waals surface area contributed by atoms with E-state index in [2.05, 4.69) is 55.0 Å². The zero-order chi connectivity index (χ0) is 14.2. The first-order valence-electron chi connectivity index (χ1n) is 6.72. The minimum atomic E-state index is -0.0682. The van der Waals surface area contributed by atoms with Crippen LogP contribution in [0.4, 0.5) is 0 Å². The number of hydrogen-bond acceptors (Lipinski definition) is 2. The number of aromatic nitrogens is 2. The van der Waals surface area contributed by atoms with Gasteiger partial charge in [0.2, 0.25) is 0 Å². The second kappa shape index (κ2) is 4.82. The van der Waals surface area contributed by atoms with Crippen LogP contribution in [0.2, 0.25) is 0 Å². The number of imidazole rings is 1. The van der Waals surface area contributed by atoms with Crippen molar-refractivity contribution in [3.63, 3.8) is 0 Å². The van der Waals surface area contributed by atoms with E-state index in [-0.39, 0.29) is 11.5 Å². The van der Waals surface area contributed by atoms with Crippen LogP contribution in [0.15, 0.2) is 24.3 Å². The summed E-state index contributed by atoms with van der Waals surface area (Å²) in [5.74, 6) is 0.840. The summed E-state index contributed by atoms with van der Waals surface area (Å²) in [5, 5.41) is 0. The van der Waals surface area contributed by atoms with Gasteiger partial charge in [0.05, 0.1) is 11.7 Å². The molecule has 3 N–H and O–H groups in total. The smallest absolute Gasteiger partial charge is 0.123 e. The summed E-state index contributed by atoms with van der Waals surface area (Å²) in [7, 11) is 0. The minimum Gasteiger partial charge on any atom is -0.344 e. The highest BCUT2D eigenvalue weighted by atomic mass is 15.0. The Morgan fingerprint density at radius 2 is 1.74 bits per heavy atom. The Balaban J connectivity index is 2.37. The second-order valence-corrected chi connectivity index (χ2v) is 6.21. The molecule has 1 aromatic carbocycles. The third-order valence-electron chi connectivity index (χ3n) is 3.36. The molecule has 0 saturated carbocycles. The zero-order valence-corrected chi connectivity index (χ0v) is 12.4. The minimum absolute atomic E-state index is 0.0682. The van der Waals surface area contributed by atoms with Crippen LogP contribution in [0.1, 0.15) is 50.8 Å². The van der Waals surface area contributed by atoms with Gasteiger partial charge in [-0.15, -0.1) is 0 Å². The number of rotatable bonds is 2. The van der Waals surface area contributed by atoms with Gasteiger partial charge in [-0.2, -0.15) is 0 Å². The maximum Gasteiger partial charge on any atom is 0.123 e. The fourth-order valence-corrected chi connectivity index (χ4v) is 2.11. The Morgan fingerprint density at radius 1 is 1.16 bits per heavy atom. The molecule has 1 aromatic heterocycles. The molecule has 0 saturated heterocycles. The molecular weight excluding hydrogens is 234 g/mol. The van der Waals surface area contributed by atoms with Gasteiger partial charge in [-0.25, -0.2) is 4.98 Å². The van der Waals surface area contributed by atoms with Gasteiger partial charge in [0, 0.05) is 11.3 Å². The van der Waals surface area contributed by atoms with Gasteiger partial charge in [-0.1, -0.05) is 45.0 Å². The molecule has 0 bridgehead atoms. The van der Waals surface area contributed by atoms with E-state index in [9.17, 15) is 0 Å². The molecule has 102 valence electrons. The van der Waals surface area contributed by atoms with Crippen LogP contribution in [0, 0.1) is 6.92 Å². The third kappa shape index (κ3) is 2.87. The molecule has 1 unspecified atom stereocenters. The molecule has 3 heteroatoms. The maximum absolute atomic E-state index is 5.86. The van der Waals surface area contributed by atoms with Gasteiger partial charge in [-0.3, -0.25) is 0 Å². The Hall–Kier alpha value is -1.61. The maximum atomic E-state index is 5.86. The van der Waals surface area contributed by atoms with Crippen LogP contribution in [0.3, 0.4) is 0 Å². The number of benzene rings is 1. The molecule has 0 amide bonds. The van der Waals surface area contributed by atoms with Crippen LogP contribution in [-0.4, -0.2) is 9.97 Å². The monoisotopic (exact) mass is 257 g/mol. The molecule has 1 heterocycles. The quantitative estimate of drug-likeness (QED) is 0.861. The second-order valence-electron chi connectivity index (χ2n) is 6.21. The number of aryl methyl sites for hydroxylation is 1. The van der Waals surface area contributed by atoms with Crippen molar-refractivity contribution in [3.8, 4) is 11.3 Å². The first-order valence-corrected chi connectivity index (χ1v) is 6.72. The molecule has 0 fully saturated rings. The highest BCUT2D eigenvalue weighted by Crippen LogP contribution is 2.27. The molecule has 0 spiro atoms. The van der Waals surface area contributed by atoms with E-state index in [1.165, 1.54) is 5.56 Å². The van der Waals surface area contributed by atoms with E-state index in [0.29, 0.717) is 0 Å². The van der Waals surface area contributed by atoms with Crippen LogP contribution in [0.25, 0.3) is 11.3 Å². The van der Waals surface area contributed by atoms with Crippen LogP contribution >= 0.6 is 0 Å². The molecule has 0 aliphatic heterocycles. The van der Waals surface area contributed by atoms with Gasteiger partial charge < -0.3 is 10.7 Å². The number of hydrogen-bond donors (Lipinski definition) is 2. The van der Waals surface area contributed by atoms with E-state index in [1.807, 2.05) is 13.8 Å². The Morgan fingerprint density at radius 3 is 2.16 bits per heavy atom. The SMILES string of the molecule is Cc1[nH]c(C(C)N)nc1-c1ccc(C(C)(C)C)cc1. The average Bonchev–Trinajstić information content (AvgIpc) is 2.70. The fourth-order valence-electron chi connectivity index (χ4n) is 2.11. The predicted octanol–water partition coefficient (Wildman–Crippen LogP) is 3.70. The van der Waals surface area contributed by atoms with Crippen LogP contribution in [-0.2, 0) is 5.41 Å². The Kier molecular flexibility index (Phi) is 3.50. The van der Waals surface area contributed by atoms with E-state index >= 15 is 0 Å². The summed E-state index contributed by atoms with van der Waals surface area (Å²) >= 11 is 0. The van der Waals surface area contributed by atoms with Crippen molar-refractivity contribution in [1.82, 2.24) is 9.97 Å². The van der Waals surface area contributed by atoms with Crippen molar-refractivity contribution in [3.05, 3.63) is 41.3 Å². The molecule has 1 atom stereocenters. The highest BCUT2D eigenvalue weighted by Gasteiger charge is 2.15. The lowest BCUT2D eigenvalue weighted by Gasteiger charge is -2.19. The van der Waals surface area contributed by atoms with E-state index in [1.54, 1.807) is 0 Å². The van der Waals surface area contributed by atoms with Crippen molar-refractivity contribution < 1.29 is 0 Å². The molecular formula is C16H23N3. The van der Waals surface area contributed by atoms with Crippen molar-refractivity contribution in [2.75, 3.05) is 0 Å². The number of nitrogens with two attached hydrogens (primary N) is 1. The summed E-state index contributed by atoms with van der Waals surface area (Å²) in [6, 6.07) is 8.55. The molecule has 2 rings (SSSR count).